The Morgan fingerprint density at radius 2 is 1.37 bits per heavy atom. The number of phenolic OH excluding ortho intramolecular Hbond substituents is 1. The molecular formula is C12H10N2NaO3S-. The van der Waals surface area contributed by atoms with Gasteiger partial charge in [0, 0.05) is 4.90 Å². The van der Waals surface area contributed by atoms with Gasteiger partial charge in [-0.2, -0.15) is 10.2 Å². The van der Waals surface area contributed by atoms with Crippen molar-refractivity contribution in [1.82, 2.24) is 0 Å². The first-order chi connectivity index (χ1) is 8.65. The molecule has 1 atom stereocenters. The van der Waals surface area contributed by atoms with Gasteiger partial charge in [0.15, 0.2) is 0 Å². The molecule has 0 aliphatic heterocycles. The summed E-state index contributed by atoms with van der Waals surface area (Å²) in [5, 5.41) is 17.0. The molecule has 0 radical (unpaired) electrons. The Hall–Kier alpha value is -1.05. The maximum Gasteiger partial charge on any atom is 1.00 e. The molecule has 0 heterocycles. The zero-order valence-electron chi connectivity index (χ0n) is 11.2. The molecule has 7 heteroatoms. The van der Waals surface area contributed by atoms with Crippen LogP contribution in [-0.4, -0.2) is 13.9 Å². The fraction of sp³-hybridized carbons (Fsp3) is 0. The van der Waals surface area contributed by atoms with E-state index in [1.807, 2.05) is 0 Å². The first kappa shape index (κ1) is 16.0. The third-order valence-corrected chi connectivity index (χ3v) is 2.82. The zero-order valence-corrected chi connectivity index (χ0v) is 13.0. The van der Waals surface area contributed by atoms with Crippen LogP contribution < -0.4 is 29.6 Å². The predicted octanol–water partition coefficient (Wildman–Crippen LogP) is 0.162. The predicted molar refractivity (Wildman–Crippen MR) is 67.0 cm³/mol. The molecular weight excluding hydrogens is 275 g/mol. The average molecular weight is 285 g/mol. The largest absolute Gasteiger partial charge is 1.00 e. The summed E-state index contributed by atoms with van der Waals surface area (Å²) >= 11 is -2.23. The Morgan fingerprint density at radius 3 is 1.79 bits per heavy atom. The number of phenols is 1. The molecule has 0 saturated heterocycles. The van der Waals surface area contributed by atoms with Gasteiger partial charge < -0.3 is 11.1 Å². The van der Waals surface area contributed by atoms with Gasteiger partial charge in [0.25, 0.3) is 0 Å². The summed E-state index contributed by atoms with van der Waals surface area (Å²) in [5.74, 6) is 0.163. The Bertz CT molecular complexity index is 591. The van der Waals surface area contributed by atoms with Crippen molar-refractivity contribution in [2.45, 2.75) is 4.90 Å². The van der Waals surface area contributed by atoms with Crippen LogP contribution in [0.15, 0.2) is 63.7 Å². The maximum atomic E-state index is 10.6. The normalized spacial score (nSPS) is 12.1. The van der Waals surface area contributed by atoms with E-state index in [0.29, 0.717) is 11.4 Å². The van der Waals surface area contributed by atoms with E-state index in [-0.39, 0.29) is 41.6 Å². The summed E-state index contributed by atoms with van der Waals surface area (Å²) < 4.78 is 21.3. The maximum absolute atomic E-state index is 10.6. The van der Waals surface area contributed by atoms with Crippen LogP contribution in [0.4, 0.5) is 11.4 Å². The molecule has 1 unspecified atom stereocenters. The summed E-state index contributed by atoms with van der Waals surface area (Å²) in [6.07, 6.45) is 0. The van der Waals surface area contributed by atoms with Crippen molar-refractivity contribution in [3.05, 3.63) is 48.5 Å². The Kier molecular flexibility index (Phi) is 6.33. The van der Waals surface area contributed by atoms with Crippen molar-refractivity contribution in [3.8, 4) is 5.75 Å². The second kappa shape index (κ2) is 7.52. The zero-order chi connectivity index (χ0) is 13.0. The fourth-order valence-corrected chi connectivity index (χ4v) is 1.62. The van der Waals surface area contributed by atoms with Crippen molar-refractivity contribution in [3.63, 3.8) is 0 Å². The van der Waals surface area contributed by atoms with E-state index in [2.05, 4.69) is 10.2 Å². The second-order valence-electron chi connectivity index (χ2n) is 3.45. The van der Waals surface area contributed by atoms with Gasteiger partial charge in [0.05, 0.1) is 11.4 Å². The Morgan fingerprint density at radius 1 is 0.947 bits per heavy atom. The van der Waals surface area contributed by atoms with E-state index in [0.717, 1.165) is 0 Å². The SMILES string of the molecule is O=S([O-])c1ccc(N=Nc2ccc(O)cc2)cc1.[H-].[Na+]. The van der Waals surface area contributed by atoms with Crippen molar-refractivity contribution in [1.29, 1.82) is 0 Å². The molecule has 19 heavy (non-hydrogen) atoms. The molecule has 2 aromatic rings. The van der Waals surface area contributed by atoms with Crippen LogP contribution in [0, 0.1) is 0 Å². The van der Waals surface area contributed by atoms with E-state index < -0.39 is 11.1 Å². The van der Waals surface area contributed by atoms with Crippen LogP contribution in [0.5, 0.6) is 5.75 Å². The number of hydrogen-bond donors (Lipinski definition) is 1. The van der Waals surface area contributed by atoms with Gasteiger partial charge in [-0.05, 0) is 59.6 Å². The molecule has 0 aliphatic rings. The third-order valence-electron chi connectivity index (χ3n) is 2.16. The number of benzene rings is 2. The first-order valence-corrected chi connectivity index (χ1v) is 6.13. The van der Waals surface area contributed by atoms with Gasteiger partial charge in [-0.25, -0.2) is 0 Å². The second-order valence-corrected chi connectivity index (χ2v) is 4.39. The number of rotatable bonds is 3. The Labute approximate surface area is 136 Å². The molecule has 5 nitrogen and oxygen atoms in total. The van der Waals surface area contributed by atoms with Crippen LogP contribution >= 0.6 is 0 Å². The number of azo groups is 1. The van der Waals surface area contributed by atoms with Crippen molar-refractivity contribution >= 4 is 22.5 Å². The molecule has 2 aromatic carbocycles. The van der Waals surface area contributed by atoms with Crippen LogP contribution in [0.1, 0.15) is 1.43 Å². The van der Waals surface area contributed by atoms with Crippen LogP contribution in [0.2, 0.25) is 0 Å². The topological polar surface area (TPSA) is 85.1 Å². The fourth-order valence-electron chi connectivity index (χ4n) is 1.26. The van der Waals surface area contributed by atoms with E-state index in [4.69, 9.17) is 5.11 Å². The molecule has 0 amide bonds. The smallest absolute Gasteiger partial charge is 1.00 e. The summed E-state index contributed by atoms with van der Waals surface area (Å²) in [5.41, 5.74) is 1.15. The first-order valence-electron chi connectivity index (χ1n) is 5.05. The van der Waals surface area contributed by atoms with Crippen LogP contribution in [-0.2, 0) is 11.1 Å². The minimum atomic E-state index is -2.23. The molecule has 0 aliphatic carbocycles. The number of nitrogens with zero attached hydrogens (tertiary/aromatic N) is 2. The van der Waals surface area contributed by atoms with E-state index in [9.17, 15) is 8.76 Å². The monoisotopic (exact) mass is 285 g/mol. The molecule has 0 spiro atoms. The molecule has 1 N–H and O–H groups in total. The summed E-state index contributed by atoms with van der Waals surface area (Å²) in [4.78, 5) is 0.207. The Balaban J connectivity index is 0.00000180. The molecule has 0 fully saturated rings. The van der Waals surface area contributed by atoms with Crippen molar-refractivity contribution < 1.29 is 44.9 Å². The number of hydrogen-bond acceptors (Lipinski definition) is 5. The van der Waals surface area contributed by atoms with Gasteiger partial charge in [0.1, 0.15) is 5.75 Å². The van der Waals surface area contributed by atoms with Crippen LogP contribution in [0.3, 0.4) is 0 Å². The van der Waals surface area contributed by atoms with Crippen molar-refractivity contribution in [2.75, 3.05) is 0 Å². The van der Waals surface area contributed by atoms with E-state index >= 15 is 0 Å². The van der Waals surface area contributed by atoms with Crippen LogP contribution in [0.25, 0.3) is 0 Å². The van der Waals surface area contributed by atoms with Crippen molar-refractivity contribution in [2.24, 2.45) is 10.2 Å². The molecule has 0 aromatic heterocycles. The van der Waals surface area contributed by atoms with Gasteiger partial charge in [-0.15, -0.1) is 0 Å². The van der Waals surface area contributed by atoms with Gasteiger partial charge in [-0.3, -0.25) is 4.21 Å². The molecule has 0 bridgehead atoms. The molecule has 94 valence electrons. The quantitative estimate of drug-likeness (QED) is 0.495. The summed E-state index contributed by atoms with van der Waals surface area (Å²) in [7, 11) is 0. The van der Waals surface area contributed by atoms with Gasteiger partial charge >= 0.3 is 29.6 Å². The molecule has 0 saturated carbocycles. The van der Waals surface area contributed by atoms with Gasteiger partial charge in [0.2, 0.25) is 0 Å². The van der Waals surface area contributed by atoms with E-state index in [1.54, 1.807) is 24.3 Å². The molecule has 2 rings (SSSR count). The average Bonchev–Trinajstić information content (AvgIpc) is 2.38. The van der Waals surface area contributed by atoms with E-state index in [1.165, 1.54) is 24.3 Å². The standard InChI is InChI=1S/C12H10N2O3S.Na.H/c15-11-5-1-9(2-6-11)13-14-10-3-7-12(8-4-10)18(16)17;;/h1-8,15H,(H,16,17);;/q;+1;-1/p-1. The minimum absolute atomic E-state index is 0. The third kappa shape index (κ3) is 4.85. The minimum Gasteiger partial charge on any atom is -1.00 e. The summed E-state index contributed by atoms with van der Waals surface area (Å²) in [6.45, 7) is 0. The van der Waals surface area contributed by atoms with Gasteiger partial charge in [-0.1, -0.05) is 0 Å². The number of aromatic hydroxyl groups is 1. The summed E-state index contributed by atoms with van der Waals surface area (Å²) in [6, 6.07) is 12.3.